The van der Waals surface area contributed by atoms with E-state index in [1.807, 2.05) is 24.3 Å². The number of anilines is 4. The average molecular weight is 583 g/mol. The molecule has 3 aromatic carbocycles. The maximum absolute atomic E-state index is 12.9. The molecule has 0 spiro atoms. The molecule has 0 saturated heterocycles. The maximum atomic E-state index is 12.9. The molecule has 6 N–H and O–H groups in total. The average Bonchev–Trinajstić information content (AvgIpc) is 3.68. The number of urea groups is 2. The Bertz CT molecular complexity index is 1470. The van der Waals surface area contributed by atoms with Gasteiger partial charge in [-0.25, -0.2) is 14.4 Å². The molecular weight excluding hydrogens is 548 g/mol. The van der Waals surface area contributed by atoms with Gasteiger partial charge in [0.25, 0.3) is 0 Å². The zero-order valence-electron chi connectivity index (χ0n) is 24.2. The zero-order valence-corrected chi connectivity index (χ0v) is 24.2. The van der Waals surface area contributed by atoms with Crippen LogP contribution in [0, 0.1) is 0 Å². The smallest absolute Gasteiger partial charge is 0.338 e. The number of ether oxygens (including phenoxy) is 1. The molecule has 2 aliphatic heterocycles. The highest BCUT2D eigenvalue weighted by atomic mass is 16.6. The molecule has 0 radical (unpaired) electrons. The van der Waals surface area contributed by atoms with Crippen LogP contribution in [0.3, 0.4) is 0 Å². The lowest BCUT2D eigenvalue weighted by molar-refractivity contribution is 0.00695. The van der Waals surface area contributed by atoms with E-state index in [2.05, 4.69) is 41.9 Å². The number of hydrogen-bond acceptors (Lipinski definition) is 8. The quantitative estimate of drug-likeness (QED) is 0.223. The van der Waals surface area contributed by atoms with Gasteiger partial charge in [0.2, 0.25) is 0 Å². The summed E-state index contributed by atoms with van der Waals surface area (Å²) in [6, 6.07) is 18.0. The third-order valence-corrected chi connectivity index (χ3v) is 6.26. The number of carbonyl (C=O) groups is 3. The minimum Gasteiger partial charge on any atom is -0.456 e. The summed E-state index contributed by atoms with van der Waals surface area (Å²) in [6.45, 7) is 8.36. The van der Waals surface area contributed by atoms with Crippen LogP contribution in [0.4, 0.5) is 32.3 Å². The summed E-state index contributed by atoms with van der Waals surface area (Å²) in [5, 5.41) is 17.4. The molecule has 0 aromatic heterocycles. The second-order valence-electron chi connectivity index (χ2n) is 10.9. The van der Waals surface area contributed by atoms with Gasteiger partial charge in [0.1, 0.15) is 17.3 Å². The van der Waals surface area contributed by atoms with Gasteiger partial charge in [-0.2, -0.15) is 0 Å². The highest BCUT2D eigenvalue weighted by Crippen LogP contribution is 2.23. The molecule has 3 aromatic rings. The molecule has 0 aliphatic carbocycles. The van der Waals surface area contributed by atoms with Crippen molar-refractivity contribution in [3.8, 4) is 0 Å². The van der Waals surface area contributed by atoms with Crippen LogP contribution in [-0.2, 0) is 4.74 Å². The second kappa shape index (κ2) is 12.6. The van der Waals surface area contributed by atoms with Crippen LogP contribution in [0.15, 0.2) is 76.7 Å². The summed E-state index contributed by atoms with van der Waals surface area (Å²) in [5.74, 6) is 1.05. The zero-order chi connectivity index (χ0) is 30.4. The van der Waals surface area contributed by atoms with Crippen molar-refractivity contribution >= 4 is 52.5 Å². The van der Waals surface area contributed by atoms with Gasteiger partial charge >= 0.3 is 18.0 Å². The van der Waals surface area contributed by atoms with Crippen molar-refractivity contribution in [2.75, 3.05) is 47.4 Å². The molecule has 4 amide bonds. The van der Waals surface area contributed by atoms with Crippen molar-refractivity contribution in [2.24, 2.45) is 9.98 Å². The molecule has 222 valence electrons. The lowest BCUT2D eigenvalue weighted by atomic mass is 10.1. The summed E-state index contributed by atoms with van der Waals surface area (Å²) < 4.78 is 5.52. The van der Waals surface area contributed by atoms with Crippen LogP contribution in [-0.4, -0.2) is 61.5 Å². The van der Waals surface area contributed by atoms with Gasteiger partial charge in [0.15, 0.2) is 0 Å². The lowest BCUT2D eigenvalue weighted by Crippen LogP contribution is -2.25. The van der Waals surface area contributed by atoms with Crippen LogP contribution < -0.4 is 31.9 Å². The number of amides is 4. The highest BCUT2D eigenvalue weighted by Gasteiger charge is 2.20. The standard InChI is InChI=1S/C31H34N8O4/c1-31(2,3)43-28(40)21-16-24(38-29(41)36-22-8-4-19(5-9-22)26-32-12-13-33-26)18-25(17-21)39-30(42)37-23-10-6-20(7-11-23)27-34-14-15-35-27/h4-11,16-18H,12-15H2,1-3H3,(H,32,33)(H,34,35)(H2,36,38,41)(H2,37,39,42). The fourth-order valence-corrected chi connectivity index (χ4v) is 4.42. The van der Waals surface area contributed by atoms with Gasteiger partial charge in [-0.05, 0) is 87.5 Å². The molecule has 0 saturated carbocycles. The van der Waals surface area contributed by atoms with E-state index in [0.717, 1.165) is 49.0 Å². The van der Waals surface area contributed by atoms with Crippen molar-refractivity contribution in [1.29, 1.82) is 0 Å². The van der Waals surface area contributed by atoms with Crippen LogP contribution in [0.1, 0.15) is 42.3 Å². The minimum atomic E-state index is -0.736. The van der Waals surface area contributed by atoms with Crippen molar-refractivity contribution < 1.29 is 19.1 Å². The van der Waals surface area contributed by atoms with Crippen LogP contribution >= 0.6 is 0 Å². The van der Waals surface area contributed by atoms with Crippen LogP contribution in [0.2, 0.25) is 0 Å². The van der Waals surface area contributed by atoms with Crippen molar-refractivity contribution in [2.45, 2.75) is 26.4 Å². The molecule has 0 unspecified atom stereocenters. The van der Waals surface area contributed by atoms with E-state index in [9.17, 15) is 14.4 Å². The van der Waals surface area contributed by atoms with Crippen LogP contribution in [0.25, 0.3) is 0 Å². The van der Waals surface area contributed by atoms with E-state index in [0.29, 0.717) is 11.4 Å². The monoisotopic (exact) mass is 582 g/mol. The first-order valence-corrected chi connectivity index (χ1v) is 13.9. The van der Waals surface area contributed by atoms with Crippen LogP contribution in [0.5, 0.6) is 0 Å². The van der Waals surface area contributed by atoms with Gasteiger partial charge < -0.3 is 36.6 Å². The van der Waals surface area contributed by atoms with Gasteiger partial charge in [-0.15, -0.1) is 0 Å². The van der Waals surface area contributed by atoms with E-state index in [1.54, 1.807) is 51.1 Å². The summed E-state index contributed by atoms with van der Waals surface area (Å²) in [5.41, 5.74) is 2.99. The molecule has 5 rings (SSSR count). The number of nitrogens with one attached hydrogen (secondary N) is 6. The first-order chi connectivity index (χ1) is 20.6. The molecule has 43 heavy (non-hydrogen) atoms. The minimum absolute atomic E-state index is 0.159. The van der Waals surface area contributed by atoms with Gasteiger partial charge in [-0.3, -0.25) is 9.98 Å². The molecule has 0 fully saturated rings. The number of aliphatic imine (C=N–C) groups is 2. The van der Waals surface area contributed by atoms with E-state index >= 15 is 0 Å². The van der Waals surface area contributed by atoms with Gasteiger partial charge in [0.05, 0.1) is 18.7 Å². The van der Waals surface area contributed by atoms with Crippen molar-refractivity contribution in [1.82, 2.24) is 10.6 Å². The summed E-state index contributed by atoms with van der Waals surface area (Å²) in [6.07, 6.45) is 0. The molecule has 12 nitrogen and oxygen atoms in total. The first-order valence-electron chi connectivity index (χ1n) is 13.9. The topological polar surface area (TPSA) is 157 Å². The number of nitrogens with zero attached hydrogens (tertiary/aromatic N) is 2. The third kappa shape index (κ3) is 8.09. The molecule has 2 heterocycles. The van der Waals surface area contributed by atoms with Crippen molar-refractivity contribution in [3.63, 3.8) is 0 Å². The predicted molar refractivity (Wildman–Crippen MR) is 169 cm³/mol. The van der Waals surface area contributed by atoms with Gasteiger partial charge in [0, 0.05) is 47.0 Å². The number of carbonyl (C=O) groups excluding carboxylic acids is 3. The Hall–Kier alpha value is -5.39. The Balaban J connectivity index is 1.27. The summed E-state index contributed by atoms with van der Waals surface area (Å²) in [7, 11) is 0. The Morgan fingerprint density at radius 1 is 0.651 bits per heavy atom. The SMILES string of the molecule is CC(C)(C)OC(=O)c1cc(NC(=O)Nc2ccc(C3=NCCN3)cc2)cc(NC(=O)Nc2ccc(C3=NCCN3)cc2)c1. The van der Waals surface area contributed by atoms with Gasteiger partial charge in [-0.1, -0.05) is 0 Å². The van der Waals surface area contributed by atoms with E-state index < -0.39 is 23.6 Å². The summed E-state index contributed by atoms with van der Waals surface area (Å²) in [4.78, 5) is 47.4. The van der Waals surface area contributed by atoms with E-state index in [-0.39, 0.29) is 16.9 Å². The fraction of sp³-hybridized carbons (Fsp3) is 0.258. The number of esters is 1. The number of hydrogen-bond donors (Lipinski definition) is 6. The van der Waals surface area contributed by atoms with E-state index in [4.69, 9.17) is 4.74 Å². The predicted octanol–water partition coefficient (Wildman–Crippen LogP) is 4.63. The lowest BCUT2D eigenvalue weighted by Gasteiger charge is -2.20. The normalized spacial score (nSPS) is 14.0. The Morgan fingerprint density at radius 2 is 1.07 bits per heavy atom. The molecule has 12 heteroatoms. The molecule has 0 atom stereocenters. The fourth-order valence-electron chi connectivity index (χ4n) is 4.42. The molecule has 2 aliphatic rings. The molecule has 0 bridgehead atoms. The number of rotatable bonds is 7. The number of benzene rings is 3. The number of amidine groups is 2. The third-order valence-electron chi connectivity index (χ3n) is 6.26. The second-order valence-corrected chi connectivity index (χ2v) is 10.9. The highest BCUT2D eigenvalue weighted by molar-refractivity contribution is 6.05. The maximum Gasteiger partial charge on any atom is 0.338 e. The largest absolute Gasteiger partial charge is 0.456 e. The van der Waals surface area contributed by atoms with E-state index in [1.165, 1.54) is 12.1 Å². The Labute approximate surface area is 249 Å². The first kappa shape index (κ1) is 29.1. The van der Waals surface area contributed by atoms with Crippen molar-refractivity contribution in [3.05, 3.63) is 83.4 Å². The Morgan fingerprint density at radius 3 is 1.44 bits per heavy atom. The summed E-state index contributed by atoms with van der Waals surface area (Å²) >= 11 is 0. The Kier molecular flexibility index (Phi) is 8.56. The molecular formula is C31H34N8O4.